The fourth-order valence-electron chi connectivity index (χ4n) is 2.30. The Morgan fingerprint density at radius 1 is 1.41 bits per heavy atom. The van der Waals surface area contributed by atoms with Crippen molar-refractivity contribution in [3.63, 3.8) is 0 Å². The molecule has 2 fully saturated rings. The van der Waals surface area contributed by atoms with Crippen LogP contribution in [-0.2, 0) is 9.53 Å². The highest BCUT2D eigenvalue weighted by Gasteiger charge is 2.36. The van der Waals surface area contributed by atoms with Crippen LogP contribution in [0.15, 0.2) is 0 Å². The fraction of sp³-hybridized carbons (Fsp3) is 0.818. The molecule has 0 aliphatic carbocycles. The van der Waals surface area contributed by atoms with Crippen molar-refractivity contribution >= 4 is 12.0 Å². The zero-order valence-electron chi connectivity index (χ0n) is 9.96. The summed E-state index contributed by atoms with van der Waals surface area (Å²) in [7, 11) is 0. The summed E-state index contributed by atoms with van der Waals surface area (Å²) in [5.74, 6) is -0.672. The lowest BCUT2D eigenvalue weighted by molar-refractivity contribution is -0.139. The van der Waals surface area contributed by atoms with Gasteiger partial charge in [0.25, 0.3) is 0 Å². The van der Waals surface area contributed by atoms with Gasteiger partial charge >= 0.3 is 12.0 Å². The van der Waals surface area contributed by atoms with Gasteiger partial charge in [-0.1, -0.05) is 0 Å². The van der Waals surface area contributed by atoms with Gasteiger partial charge in [0.15, 0.2) is 0 Å². The van der Waals surface area contributed by atoms with Crippen molar-refractivity contribution in [2.24, 2.45) is 5.92 Å². The van der Waals surface area contributed by atoms with Gasteiger partial charge in [-0.2, -0.15) is 0 Å². The summed E-state index contributed by atoms with van der Waals surface area (Å²) in [6.07, 6.45) is 0.155. The summed E-state index contributed by atoms with van der Waals surface area (Å²) >= 11 is 0. The lowest BCUT2D eigenvalue weighted by atomic mass is 9.97. The molecule has 0 aromatic carbocycles. The first-order valence-electron chi connectivity index (χ1n) is 5.93. The number of morpholine rings is 1. The van der Waals surface area contributed by atoms with Crippen LogP contribution in [0.1, 0.15) is 13.3 Å². The molecule has 6 nitrogen and oxygen atoms in total. The lowest BCUT2D eigenvalue weighted by Crippen LogP contribution is -2.59. The molecule has 2 aliphatic heterocycles. The Morgan fingerprint density at radius 3 is 2.71 bits per heavy atom. The summed E-state index contributed by atoms with van der Waals surface area (Å²) in [6.45, 7) is 4.89. The minimum absolute atomic E-state index is 0.0161. The van der Waals surface area contributed by atoms with Gasteiger partial charge < -0.3 is 19.6 Å². The highest BCUT2D eigenvalue weighted by Crippen LogP contribution is 2.22. The van der Waals surface area contributed by atoms with Crippen molar-refractivity contribution in [3.05, 3.63) is 0 Å². The highest BCUT2D eigenvalue weighted by molar-refractivity contribution is 5.76. The number of ether oxygens (including phenoxy) is 1. The van der Waals surface area contributed by atoms with Crippen LogP contribution in [0.25, 0.3) is 0 Å². The van der Waals surface area contributed by atoms with Gasteiger partial charge in [-0.05, 0) is 6.92 Å². The molecule has 2 heterocycles. The number of hydrogen-bond acceptors (Lipinski definition) is 3. The van der Waals surface area contributed by atoms with Crippen LogP contribution in [0.5, 0.6) is 0 Å². The minimum atomic E-state index is -0.790. The topological polar surface area (TPSA) is 70.1 Å². The molecule has 17 heavy (non-hydrogen) atoms. The maximum absolute atomic E-state index is 12.1. The van der Waals surface area contributed by atoms with Gasteiger partial charge in [0.1, 0.15) is 0 Å². The first-order valence-corrected chi connectivity index (χ1v) is 5.93. The third kappa shape index (κ3) is 2.69. The van der Waals surface area contributed by atoms with E-state index in [9.17, 15) is 9.59 Å². The number of carboxylic acids is 1. The van der Waals surface area contributed by atoms with E-state index < -0.39 is 5.97 Å². The number of hydrogen-bond donors (Lipinski definition) is 1. The quantitative estimate of drug-likeness (QED) is 0.752. The third-order valence-corrected chi connectivity index (χ3v) is 3.30. The van der Waals surface area contributed by atoms with E-state index >= 15 is 0 Å². The number of likely N-dealkylation sites (tertiary alicyclic amines) is 1. The van der Waals surface area contributed by atoms with E-state index in [-0.39, 0.29) is 24.4 Å². The summed E-state index contributed by atoms with van der Waals surface area (Å²) < 4.78 is 5.28. The molecule has 0 aromatic heterocycles. The predicted molar refractivity (Wildman–Crippen MR) is 59.7 cm³/mol. The molecule has 0 aromatic rings. The van der Waals surface area contributed by atoms with Crippen LogP contribution in [-0.4, -0.2) is 65.8 Å². The summed E-state index contributed by atoms with van der Waals surface area (Å²) in [4.78, 5) is 26.1. The molecule has 6 heteroatoms. The Labute approximate surface area is 100 Å². The molecule has 1 unspecified atom stereocenters. The van der Waals surface area contributed by atoms with E-state index in [4.69, 9.17) is 9.84 Å². The average Bonchev–Trinajstić information content (AvgIpc) is 2.22. The SMILES string of the molecule is CC1COCCN1C(=O)N1CC(CC(=O)O)C1. The Morgan fingerprint density at radius 2 is 2.12 bits per heavy atom. The van der Waals surface area contributed by atoms with Crippen molar-refractivity contribution in [2.45, 2.75) is 19.4 Å². The monoisotopic (exact) mass is 242 g/mol. The molecule has 0 radical (unpaired) electrons. The van der Waals surface area contributed by atoms with Crippen LogP contribution >= 0.6 is 0 Å². The zero-order chi connectivity index (χ0) is 12.4. The smallest absolute Gasteiger partial charge is 0.320 e. The van der Waals surface area contributed by atoms with Crippen molar-refractivity contribution in [1.29, 1.82) is 0 Å². The summed E-state index contributed by atoms with van der Waals surface area (Å²) in [5, 5.41) is 8.63. The van der Waals surface area contributed by atoms with Crippen molar-refractivity contribution in [2.75, 3.05) is 32.8 Å². The number of carboxylic acid groups (broad SMARTS) is 1. The van der Waals surface area contributed by atoms with Crippen LogP contribution in [0.3, 0.4) is 0 Å². The van der Waals surface area contributed by atoms with Gasteiger partial charge in [-0.3, -0.25) is 4.79 Å². The van der Waals surface area contributed by atoms with Gasteiger partial charge in [-0.15, -0.1) is 0 Å². The van der Waals surface area contributed by atoms with E-state index in [1.807, 2.05) is 6.92 Å². The van der Waals surface area contributed by atoms with Gasteiger partial charge in [0.2, 0.25) is 0 Å². The van der Waals surface area contributed by atoms with Crippen LogP contribution in [0, 0.1) is 5.92 Å². The van der Waals surface area contributed by atoms with Crippen molar-refractivity contribution in [1.82, 2.24) is 9.80 Å². The zero-order valence-corrected chi connectivity index (χ0v) is 9.96. The summed E-state index contributed by atoms with van der Waals surface area (Å²) in [6, 6.07) is 0.122. The summed E-state index contributed by atoms with van der Waals surface area (Å²) in [5.41, 5.74) is 0. The second kappa shape index (κ2) is 4.91. The molecule has 2 amide bonds. The van der Waals surface area contributed by atoms with Crippen LogP contribution in [0.4, 0.5) is 4.79 Å². The molecule has 0 saturated carbocycles. The van der Waals surface area contributed by atoms with Crippen molar-refractivity contribution in [3.8, 4) is 0 Å². The number of aliphatic carboxylic acids is 1. The molecule has 1 atom stereocenters. The molecule has 0 spiro atoms. The van der Waals surface area contributed by atoms with E-state index in [0.29, 0.717) is 32.8 Å². The standard InChI is InChI=1S/C11H18N2O4/c1-8-7-17-3-2-13(8)11(16)12-5-9(6-12)4-10(14)15/h8-9H,2-7H2,1H3,(H,14,15). The molecule has 96 valence electrons. The largest absolute Gasteiger partial charge is 0.481 e. The number of nitrogens with zero attached hydrogens (tertiary/aromatic N) is 2. The Kier molecular flexibility index (Phi) is 3.51. The maximum Gasteiger partial charge on any atom is 0.320 e. The molecule has 2 aliphatic rings. The van der Waals surface area contributed by atoms with Gasteiger partial charge in [0.05, 0.1) is 25.7 Å². The second-order valence-corrected chi connectivity index (χ2v) is 4.77. The maximum atomic E-state index is 12.1. The first-order chi connectivity index (χ1) is 8.08. The highest BCUT2D eigenvalue weighted by atomic mass is 16.5. The number of rotatable bonds is 2. The number of amides is 2. The van der Waals surface area contributed by atoms with Crippen LogP contribution < -0.4 is 0 Å². The van der Waals surface area contributed by atoms with E-state index in [2.05, 4.69) is 0 Å². The Bertz CT molecular complexity index is 315. The predicted octanol–water partition coefficient (Wildman–Crippen LogP) is 0.234. The molecular weight excluding hydrogens is 224 g/mol. The number of urea groups is 1. The van der Waals surface area contributed by atoms with Gasteiger partial charge in [0, 0.05) is 25.6 Å². The first kappa shape index (κ1) is 12.2. The van der Waals surface area contributed by atoms with Crippen molar-refractivity contribution < 1.29 is 19.4 Å². The number of carbonyl (C=O) groups excluding carboxylic acids is 1. The minimum Gasteiger partial charge on any atom is -0.481 e. The molecule has 2 rings (SSSR count). The Hall–Kier alpha value is -1.30. The number of carbonyl (C=O) groups is 2. The molecular formula is C11H18N2O4. The van der Waals surface area contributed by atoms with E-state index in [1.165, 1.54) is 0 Å². The third-order valence-electron chi connectivity index (χ3n) is 3.30. The van der Waals surface area contributed by atoms with Gasteiger partial charge in [-0.25, -0.2) is 4.79 Å². The average molecular weight is 242 g/mol. The fourth-order valence-corrected chi connectivity index (χ4v) is 2.30. The Balaban J connectivity index is 1.80. The normalized spacial score (nSPS) is 25.6. The lowest BCUT2D eigenvalue weighted by Gasteiger charge is -2.44. The van der Waals surface area contributed by atoms with E-state index in [0.717, 1.165) is 0 Å². The molecule has 1 N–H and O–H groups in total. The second-order valence-electron chi connectivity index (χ2n) is 4.77. The van der Waals surface area contributed by atoms with E-state index in [1.54, 1.807) is 9.80 Å². The molecule has 2 saturated heterocycles. The van der Waals surface area contributed by atoms with Crippen LogP contribution in [0.2, 0.25) is 0 Å². The molecule has 0 bridgehead atoms.